The molecule has 4 aromatic rings. The largest absolute Gasteiger partial charge is 0.395 e. The Morgan fingerprint density at radius 1 is 1.08 bits per heavy atom. The second-order valence-corrected chi connectivity index (χ2v) is 6.04. The minimum Gasteiger partial charge on any atom is -0.395 e. The molecule has 0 aliphatic carbocycles. The lowest BCUT2D eigenvalue weighted by atomic mass is 10.1. The fourth-order valence-electron chi connectivity index (χ4n) is 2.81. The number of aliphatic hydroxyl groups is 1. The third kappa shape index (κ3) is 3.16. The summed E-state index contributed by atoms with van der Waals surface area (Å²) in [7, 11) is 0. The zero-order valence-electron chi connectivity index (χ0n) is 14.4. The first-order valence-corrected chi connectivity index (χ1v) is 8.44. The van der Waals surface area contributed by atoms with Crippen molar-refractivity contribution in [3.63, 3.8) is 0 Å². The van der Waals surface area contributed by atoms with Gasteiger partial charge in [0.2, 0.25) is 5.95 Å². The lowest BCUT2D eigenvalue weighted by molar-refractivity contribution is 0.310. The number of anilines is 1. The number of nitrogens with zero attached hydrogens (tertiary/aromatic N) is 4. The Balaban J connectivity index is 1.65. The molecule has 2 N–H and O–H groups in total. The van der Waals surface area contributed by atoms with Crippen LogP contribution in [0.4, 0.5) is 5.95 Å². The van der Waals surface area contributed by atoms with Crippen molar-refractivity contribution in [1.29, 1.82) is 0 Å². The van der Waals surface area contributed by atoms with Crippen LogP contribution in [0.25, 0.3) is 22.5 Å². The second-order valence-electron chi connectivity index (χ2n) is 6.04. The predicted molar refractivity (Wildman–Crippen MR) is 98.9 cm³/mol. The van der Waals surface area contributed by atoms with Crippen LogP contribution in [0, 0.1) is 6.92 Å². The highest BCUT2D eigenvalue weighted by molar-refractivity contribution is 5.78. The molecule has 0 saturated carbocycles. The lowest BCUT2D eigenvalue weighted by Gasteiger charge is -2.07. The quantitative estimate of drug-likeness (QED) is 0.556. The molecule has 0 atom stereocenters. The minimum atomic E-state index is 0.0307. The maximum atomic E-state index is 9.09. The third-order valence-electron chi connectivity index (χ3n) is 4.12. The normalized spacial score (nSPS) is 11.2. The maximum absolute atomic E-state index is 9.09. The average molecular weight is 349 g/mol. The van der Waals surface area contributed by atoms with E-state index >= 15 is 0 Å². The van der Waals surface area contributed by atoms with Crippen molar-refractivity contribution in [3.05, 3.63) is 59.9 Å². The molecule has 4 rings (SSSR count). The summed E-state index contributed by atoms with van der Waals surface area (Å²) in [6.07, 6.45) is 0. The number of aliphatic hydroxyl groups excluding tert-OH is 1. The first kappa shape index (κ1) is 16.3. The first-order chi connectivity index (χ1) is 12.7. The Labute approximate surface area is 150 Å². The summed E-state index contributed by atoms with van der Waals surface area (Å²) in [6, 6.07) is 15.8. The maximum Gasteiger partial charge on any atom is 0.257 e. The Morgan fingerprint density at radius 2 is 1.88 bits per heavy atom. The van der Waals surface area contributed by atoms with E-state index in [2.05, 4.69) is 20.4 Å². The molecule has 7 heteroatoms. The van der Waals surface area contributed by atoms with Gasteiger partial charge in [0, 0.05) is 12.1 Å². The van der Waals surface area contributed by atoms with E-state index < -0.39 is 0 Å². The van der Waals surface area contributed by atoms with Gasteiger partial charge in [-0.3, -0.25) is 0 Å². The molecule has 0 unspecified atom stereocenters. The van der Waals surface area contributed by atoms with Crippen molar-refractivity contribution < 1.29 is 9.63 Å². The molecule has 0 amide bonds. The monoisotopic (exact) mass is 349 g/mol. The molecule has 0 aliphatic rings. The highest BCUT2D eigenvalue weighted by Crippen LogP contribution is 2.22. The summed E-state index contributed by atoms with van der Waals surface area (Å²) < 4.78 is 7.40. The van der Waals surface area contributed by atoms with Gasteiger partial charge in [-0.15, -0.1) is 0 Å². The summed E-state index contributed by atoms with van der Waals surface area (Å²) in [5, 5.41) is 16.3. The highest BCUT2D eigenvalue weighted by atomic mass is 16.5. The van der Waals surface area contributed by atoms with Crippen LogP contribution in [-0.2, 0) is 6.54 Å². The van der Waals surface area contributed by atoms with Gasteiger partial charge in [-0.2, -0.15) is 4.98 Å². The molecule has 0 aliphatic heterocycles. The van der Waals surface area contributed by atoms with Gasteiger partial charge in [-0.25, -0.2) is 4.98 Å². The number of imidazole rings is 1. The van der Waals surface area contributed by atoms with Gasteiger partial charge < -0.3 is 19.5 Å². The number of rotatable bonds is 6. The van der Waals surface area contributed by atoms with Gasteiger partial charge in [-0.1, -0.05) is 35.0 Å². The molecule has 132 valence electrons. The zero-order chi connectivity index (χ0) is 17.9. The molecule has 0 spiro atoms. The van der Waals surface area contributed by atoms with Crippen molar-refractivity contribution in [2.75, 3.05) is 18.5 Å². The second kappa shape index (κ2) is 6.97. The van der Waals surface area contributed by atoms with Crippen molar-refractivity contribution in [3.8, 4) is 11.5 Å². The fourth-order valence-corrected chi connectivity index (χ4v) is 2.81. The summed E-state index contributed by atoms with van der Waals surface area (Å²) in [5.74, 6) is 1.73. The van der Waals surface area contributed by atoms with Crippen molar-refractivity contribution in [2.24, 2.45) is 0 Å². The van der Waals surface area contributed by atoms with Crippen molar-refractivity contribution in [1.82, 2.24) is 19.7 Å². The third-order valence-corrected chi connectivity index (χ3v) is 4.12. The van der Waals surface area contributed by atoms with E-state index in [9.17, 15) is 0 Å². The smallest absolute Gasteiger partial charge is 0.257 e. The number of aromatic nitrogens is 4. The highest BCUT2D eigenvalue weighted by Gasteiger charge is 2.14. The molecule has 26 heavy (non-hydrogen) atoms. The zero-order valence-corrected chi connectivity index (χ0v) is 14.4. The first-order valence-electron chi connectivity index (χ1n) is 8.44. The van der Waals surface area contributed by atoms with Crippen LogP contribution in [0.15, 0.2) is 53.1 Å². The van der Waals surface area contributed by atoms with Gasteiger partial charge in [-0.05, 0) is 31.2 Å². The van der Waals surface area contributed by atoms with E-state index in [-0.39, 0.29) is 6.61 Å². The minimum absolute atomic E-state index is 0.0307. The number of fused-ring (bicyclic) bond motifs is 1. The number of aryl methyl sites for hydroxylation is 1. The van der Waals surface area contributed by atoms with Crippen LogP contribution in [0.5, 0.6) is 0 Å². The Hall–Kier alpha value is -3.19. The van der Waals surface area contributed by atoms with Gasteiger partial charge >= 0.3 is 0 Å². The molecular formula is C19H19N5O2. The summed E-state index contributed by atoms with van der Waals surface area (Å²) >= 11 is 0. The number of hydrogen-bond donors (Lipinski definition) is 2. The molecule has 0 radical (unpaired) electrons. The number of para-hydroxylation sites is 2. The van der Waals surface area contributed by atoms with E-state index in [0.29, 0.717) is 30.8 Å². The molecule has 2 aromatic carbocycles. The van der Waals surface area contributed by atoms with Gasteiger partial charge in [0.25, 0.3) is 5.89 Å². The Morgan fingerprint density at radius 3 is 2.69 bits per heavy atom. The topological polar surface area (TPSA) is 89.0 Å². The average Bonchev–Trinajstić information content (AvgIpc) is 3.26. The number of nitrogens with one attached hydrogen (secondary N) is 1. The van der Waals surface area contributed by atoms with Crippen LogP contribution in [0.2, 0.25) is 0 Å². The SMILES string of the molecule is Cc1ccc(-c2nc(Cn3c(NCCO)nc4ccccc43)no2)cc1. The van der Waals surface area contributed by atoms with E-state index in [1.54, 1.807) is 0 Å². The Bertz CT molecular complexity index is 1020. The molecule has 0 fully saturated rings. The van der Waals surface area contributed by atoms with Crippen LogP contribution >= 0.6 is 0 Å². The van der Waals surface area contributed by atoms with Crippen LogP contribution in [0.3, 0.4) is 0 Å². The molecular weight excluding hydrogens is 330 g/mol. The van der Waals surface area contributed by atoms with E-state index in [4.69, 9.17) is 9.63 Å². The van der Waals surface area contributed by atoms with Gasteiger partial charge in [0.05, 0.1) is 24.2 Å². The van der Waals surface area contributed by atoms with Crippen molar-refractivity contribution >= 4 is 17.0 Å². The molecule has 0 saturated heterocycles. The lowest BCUT2D eigenvalue weighted by Crippen LogP contribution is -2.12. The van der Waals surface area contributed by atoms with Crippen LogP contribution < -0.4 is 5.32 Å². The fraction of sp³-hybridized carbons (Fsp3) is 0.211. The number of benzene rings is 2. The number of hydrogen-bond acceptors (Lipinski definition) is 6. The molecule has 7 nitrogen and oxygen atoms in total. The van der Waals surface area contributed by atoms with Gasteiger partial charge in [0.15, 0.2) is 5.82 Å². The van der Waals surface area contributed by atoms with Crippen LogP contribution in [0.1, 0.15) is 11.4 Å². The summed E-state index contributed by atoms with van der Waals surface area (Å²) in [4.78, 5) is 9.09. The summed E-state index contributed by atoms with van der Waals surface area (Å²) in [5.41, 5.74) is 3.91. The van der Waals surface area contributed by atoms with Crippen LogP contribution in [-0.4, -0.2) is 37.9 Å². The van der Waals surface area contributed by atoms with Gasteiger partial charge in [0.1, 0.15) is 0 Å². The molecule has 0 bridgehead atoms. The van der Waals surface area contributed by atoms with E-state index in [1.807, 2.05) is 60.0 Å². The molecule has 2 aromatic heterocycles. The predicted octanol–water partition coefficient (Wildman–Crippen LogP) is 2.85. The Kier molecular flexibility index (Phi) is 4.37. The standard InChI is InChI=1S/C19H19N5O2/c1-13-6-8-14(9-7-13)18-22-17(23-26-18)12-24-16-5-3-2-4-15(16)21-19(24)20-10-11-25/h2-9,25H,10-12H2,1H3,(H,20,21). The molecule has 2 heterocycles. The van der Waals surface area contributed by atoms with E-state index in [1.165, 1.54) is 5.56 Å². The van der Waals surface area contributed by atoms with E-state index in [0.717, 1.165) is 16.6 Å². The van der Waals surface area contributed by atoms with Crippen molar-refractivity contribution in [2.45, 2.75) is 13.5 Å². The summed E-state index contributed by atoms with van der Waals surface area (Å²) in [6.45, 7) is 2.91.